The summed E-state index contributed by atoms with van der Waals surface area (Å²) in [6.07, 6.45) is 4.83. The van der Waals surface area contributed by atoms with Gasteiger partial charge in [0.2, 0.25) is 0 Å². The molecule has 0 unspecified atom stereocenters. The molecule has 11 nitrogen and oxygen atoms in total. The maximum atomic E-state index is 13.6. The number of fused-ring (bicyclic) bond motifs is 1. The molecule has 1 saturated heterocycles. The molecule has 0 amide bonds. The molecule has 34 heavy (non-hydrogen) atoms. The van der Waals surface area contributed by atoms with Gasteiger partial charge in [-0.3, -0.25) is 19.4 Å². The molecule has 0 N–H and O–H groups in total. The molecule has 0 bridgehead atoms. The highest BCUT2D eigenvalue weighted by Gasteiger charge is 2.28. The number of non-ortho nitro benzene ring substituents is 1. The Hall–Kier alpha value is -2.87. The van der Waals surface area contributed by atoms with Crippen molar-refractivity contribution >= 4 is 43.5 Å². The van der Waals surface area contributed by atoms with E-state index in [1.165, 1.54) is 18.3 Å². The van der Waals surface area contributed by atoms with Crippen molar-refractivity contribution in [3.05, 3.63) is 68.6 Å². The first kappa shape index (κ1) is 24.3. The second-order valence-corrected chi connectivity index (χ2v) is 10.4. The van der Waals surface area contributed by atoms with Crippen LogP contribution in [0.1, 0.15) is 11.3 Å². The minimum absolute atomic E-state index is 0.0708. The number of sulfonamides is 1. The third kappa shape index (κ3) is 5.27. The fraction of sp³-hybridized carbons (Fsp3) is 0.333. The van der Waals surface area contributed by atoms with Gasteiger partial charge >= 0.3 is 0 Å². The van der Waals surface area contributed by atoms with Crippen molar-refractivity contribution in [2.75, 3.05) is 39.4 Å². The van der Waals surface area contributed by atoms with Crippen LogP contribution < -0.4 is 0 Å². The van der Waals surface area contributed by atoms with Crippen molar-refractivity contribution < 1.29 is 18.1 Å². The molecule has 1 aliphatic rings. The van der Waals surface area contributed by atoms with Crippen LogP contribution in [0.15, 0.2) is 57.2 Å². The number of hydrazone groups is 1. The standard InChI is InChI=1S/C21H23BrN6O5S/c1-16-2-4-18(28(29)30)12-20(16)34(31,32)27(7-6-25-8-10-33-11-9-25)24-14-19-13-23-21-5-3-17(22)15-26(19)21/h2-5,12-15H,6-11H2,1H3. The number of benzene rings is 1. The summed E-state index contributed by atoms with van der Waals surface area (Å²) in [4.78, 5) is 16.9. The Balaban J connectivity index is 1.69. The van der Waals surface area contributed by atoms with E-state index in [-0.39, 0.29) is 17.1 Å². The van der Waals surface area contributed by atoms with E-state index < -0.39 is 14.9 Å². The first-order chi connectivity index (χ1) is 16.3. The molecule has 0 radical (unpaired) electrons. The number of hydrogen-bond donors (Lipinski definition) is 0. The molecule has 1 aromatic carbocycles. The zero-order chi connectivity index (χ0) is 24.3. The Labute approximate surface area is 205 Å². The van der Waals surface area contributed by atoms with Gasteiger partial charge in [-0.1, -0.05) is 6.07 Å². The van der Waals surface area contributed by atoms with Gasteiger partial charge in [-0.25, -0.2) is 4.98 Å². The molecule has 0 spiro atoms. The average molecular weight is 551 g/mol. The van der Waals surface area contributed by atoms with Crippen LogP contribution in [0.3, 0.4) is 0 Å². The van der Waals surface area contributed by atoms with Crippen molar-refractivity contribution in [1.29, 1.82) is 0 Å². The number of hydrogen-bond acceptors (Lipinski definition) is 8. The van der Waals surface area contributed by atoms with Crippen LogP contribution >= 0.6 is 15.9 Å². The van der Waals surface area contributed by atoms with Crippen molar-refractivity contribution in [3.8, 4) is 0 Å². The number of pyridine rings is 1. The zero-order valence-electron chi connectivity index (χ0n) is 18.4. The minimum Gasteiger partial charge on any atom is -0.379 e. The molecular weight excluding hydrogens is 528 g/mol. The fourth-order valence-electron chi connectivity index (χ4n) is 3.58. The highest BCUT2D eigenvalue weighted by atomic mass is 79.9. The summed E-state index contributed by atoms with van der Waals surface area (Å²) in [5.74, 6) is 0. The number of rotatable bonds is 8. The largest absolute Gasteiger partial charge is 0.379 e. The molecule has 0 aliphatic carbocycles. The molecule has 3 heterocycles. The average Bonchev–Trinajstić information content (AvgIpc) is 3.21. The van der Waals surface area contributed by atoms with E-state index in [0.717, 1.165) is 15.0 Å². The van der Waals surface area contributed by atoms with Crippen LogP contribution in [-0.4, -0.2) is 77.6 Å². The van der Waals surface area contributed by atoms with E-state index in [1.807, 2.05) is 12.1 Å². The number of nitro benzene ring substituents is 1. The van der Waals surface area contributed by atoms with Gasteiger partial charge in [0.15, 0.2) is 0 Å². The Morgan fingerprint density at radius 3 is 2.79 bits per heavy atom. The molecule has 1 aliphatic heterocycles. The lowest BCUT2D eigenvalue weighted by Gasteiger charge is -2.28. The summed E-state index contributed by atoms with van der Waals surface area (Å²) in [6, 6.07) is 7.46. The van der Waals surface area contributed by atoms with Crippen molar-refractivity contribution in [2.24, 2.45) is 5.10 Å². The molecule has 1 fully saturated rings. The number of nitrogens with zero attached hydrogens (tertiary/aromatic N) is 6. The van der Waals surface area contributed by atoms with Crippen LogP contribution in [0.2, 0.25) is 0 Å². The SMILES string of the molecule is Cc1ccc([N+](=O)[O-])cc1S(=O)(=O)N(CCN1CCOCC1)N=Cc1cnc2ccc(Br)cn12. The molecule has 0 atom stereocenters. The predicted molar refractivity (Wildman–Crippen MR) is 129 cm³/mol. The minimum atomic E-state index is -4.17. The third-order valence-electron chi connectivity index (χ3n) is 5.47. The van der Waals surface area contributed by atoms with Gasteiger partial charge in [0.1, 0.15) is 5.65 Å². The Morgan fingerprint density at radius 1 is 1.29 bits per heavy atom. The molecule has 3 aromatic rings. The van der Waals surface area contributed by atoms with Gasteiger partial charge in [0.05, 0.1) is 47.7 Å². The first-order valence-corrected chi connectivity index (χ1v) is 12.7. The molecule has 13 heteroatoms. The van der Waals surface area contributed by atoms with Crippen LogP contribution in [-0.2, 0) is 14.8 Å². The number of aryl methyl sites for hydroxylation is 1. The molecule has 4 rings (SSSR count). The highest BCUT2D eigenvalue weighted by molar-refractivity contribution is 9.10. The first-order valence-electron chi connectivity index (χ1n) is 10.5. The molecule has 2 aromatic heterocycles. The summed E-state index contributed by atoms with van der Waals surface area (Å²) >= 11 is 3.42. The number of aromatic nitrogens is 2. The maximum Gasteiger partial charge on any atom is 0.279 e. The Bertz CT molecular complexity index is 1340. The quantitative estimate of drug-likeness (QED) is 0.240. The van der Waals surface area contributed by atoms with Crippen LogP contribution in [0.4, 0.5) is 5.69 Å². The topological polar surface area (TPSA) is 123 Å². The lowest BCUT2D eigenvalue weighted by Crippen LogP contribution is -2.41. The van der Waals surface area contributed by atoms with Gasteiger partial charge in [0.25, 0.3) is 15.7 Å². The smallest absolute Gasteiger partial charge is 0.279 e. The monoisotopic (exact) mass is 550 g/mol. The Morgan fingerprint density at radius 2 is 2.06 bits per heavy atom. The molecular formula is C21H23BrN6O5S. The zero-order valence-corrected chi connectivity index (χ0v) is 20.8. The predicted octanol–water partition coefficient (Wildman–Crippen LogP) is 2.67. The summed E-state index contributed by atoms with van der Waals surface area (Å²) in [5, 5.41) is 15.6. The van der Waals surface area contributed by atoms with E-state index in [9.17, 15) is 18.5 Å². The second kappa shape index (κ2) is 10.2. The van der Waals surface area contributed by atoms with Crippen molar-refractivity contribution in [2.45, 2.75) is 11.8 Å². The number of halogens is 1. The van der Waals surface area contributed by atoms with E-state index in [0.29, 0.717) is 49.8 Å². The van der Waals surface area contributed by atoms with E-state index >= 15 is 0 Å². The fourth-order valence-corrected chi connectivity index (χ4v) is 5.38. The maximum absolute atomic E-state index is 13.6. The van der Waals surface area contributed by atoms with E-state index in [2.05, 4.69) is 30.9 Å². The second-order valence-electron chi connectivity index (χ2n) is 7.71. The molecule has 180 valence electrons. The third-order valence-corrected chi connectivity index (χ3v) is 7.76. The summed E-state index contributed by atoms with van der Waals surface area (Å²) < 4.78 is 36.1. The van der Waals surface area contributed by atoms with Crippen molar-refractivity contribution in [1.82, 2.24) is 18.7 Å². The van der Waals surface area contributed by atoms with Gasteiger partial charge in [0, 0.05) is 42.4 Å². The van der Waals surface area contributed by atoms with Gasteiger partial charge < -0.3 is 4.74 Å². The Kier molecular flexibility index (Phi) is 7.26. The van der Waals surface area contributed by atoms with Gasteiger partial charge in [-0.2, -0.15) is 17.9 Å². The van der Waals surface area contributed by atoms with Gasteiger partial charge in [-0.15, -0.1) is 0 Å². The normalized spacial score (nSPS) is 15.2. The number of nitro groups is 1. The summed E-state index contributed by atoms with van der Waals surface area (Å²) in [5.41, 5.74) is 1.37. The van der Waals surface area contributed by atoms with Crippen molar-refractivity contribution in [3.63, 3.8) is 0 Å². The number of ether oxygens (including phenoxy) is 1. The highest BCUT2D eigenvalue weighted by Crippen LogP contribution is 2.25. The van der Waals surface area contributed by atoms with E-state index in [4.69, 9.17) is 4.74 Å². The number of morpholine rings is 1. The van der Waals surface area contributed by atoms with Gasteiger partial charge in [-0.05, 0) is 40.5 Å². The van der Waals surface area contributed by atoms with Crippen LogP contribution in [0.25, 0.3) is 5.65 Å². The lowest BCUT2D eigenvalue weighted by atomic mass is 10.2. The van der Waals surface area contributed by atoms with Crippen LogP contribution in [0, 0.1) is 17.0 Å². The lowest BCUT2D eigenvalue weighted by molar-refractivity contribution is -0.385. The summed E-state index contributed by atoms with van der Waals surface area (Å²) in [6.45, 7) is 4.65. The van der Waals surface area contributed by atoms with E-state index in [1.54, 1.807) is 23.7 Å². The summed E-state index contributed by atoms with van der Waals surface area (Å²) in [7, 11) is -4.17. The molecule has 0 saturated carbocycles. The number of imidazole rings is 1. The van der Waals surface area contributed by atoms with Crippen LogP contribution in [0.5, 0.6) is 0 Å².